The van der Waals surface area contributed by atoms with E-state index in [1.807, 2.05) is 6.08 Å². The highest BCUT2D eigenvalue weighted by Crippen LogP contribution is 2.36. The zero-order valence-corrected chi connectivity index (χ0v) is 15.5. The molecule has 1 atom stereocenters. The van der Waals surface area contributed by atoms with Gasteiger partial charge >= 0.3 is 6.18 Å². The number of hydrogen-bond acceptors (Lipinski definition) is 3. The molecule has 0 aromatic heterocycles. The minimum Gasteiger partial charge on any atom is -0.487 e. The van der Waals surface area contributed by atoms with Gasteiger partial charge in [0.05, 0.1) is 16.7 Å². The van der Waals surface area contributed by atoms with Gasteiger partial charge in [0, 0.05) is 23.7 Å². The highest BCUT2D eigenvalue weighted by atomic mass is 35.5. The van der Waals surface area contributed by atoms with Gasteiger partial charge in [-0.15, -0.1) is 0 Å². The third kappa shape index (κ3) is 4.76. The highest BCUT2D eigenvalue weighted by molar-refractivity contribution is 6.36. The molecule has 0 amide bonds. The van der Waals surface area contributed by atoms with Crippen LogP contribution in [0.1, 0.15) is 22.8 Å². The predicted octanol–water partition coefficient (Wildman–Crippen LogP) is 5.11. The summed E-state index contributed by atoms with van der Waals surface area (Å²) in [5, 5.41) is 14.0. The van der Waals surface area contributed by atoms with Gasteiger partial charge in [0.2, 0.25) is 0 Å². The molecule has 0 bridgehead atoms. The average Bonchev–Trinajstić information content (AvgIpc) is 2.60. The molecule has 0 saturated carbocycles. The van der Waals surface area contributed by atoms with E-state index < -0.39 is 17.8 Å². The number of fused-ring (bicyclic) bond motifs is 1. The van der Waals surface area contributed by atoms with Gasteiger partial charge in [-0.25, -0.2) is 0 Å². The quantitative estimate of drug-likeness (QED) is 0.709. The van der Waals surface area contributed by atoms with E-state index in [9.17, 15) is 18.3 Å². The maximum Gasteiger partial charge on any atom is 0.416 e. The van der Waals surface area contributed by atoms with Crippen molar-refractivity contribution in [2.45, 2.75) is 12.3 Å². The molecular weight excluding hydrogens is 402 g/mol. The van der Waals surface area contributed by atoms with Gasteiger partial charge < -0.3 is 15.2 Å². The van der Waals surface area contributed by atoms with Crippen LogP contribution in [0.3, 0.4) is 0 Å². The van der Waals surface area contributed by atoms with Crippen molar-refractivity contribution in [2.75, 3.05) is 19.7 Å². The summed E-state index contributed by atoms with van der Waals surface area (Å²) in [5.74, 6) is 0.545. The van der Waals surface area contributed by atoms with Gasteiger partial charge in [0.1, 0.15) is 12.4 Å². The van der Waals surface area contributed by atoms with E-state index >= 15 is 0 Å². The summed E-state index contributed by atoms with van der Waals surface area (Å²) >= 11 is 12.1. The number of ether oxygens (including phenoxy) is 1. The second-order valence-electron chi connectivity index (χ2n) is 6.13. The minimum atomic E-state index is -4.51. The molecule has 1 aliphatic rings. The number of aliphatic hydroxyl groups excluding tert-OH is 1. The Kier molecular flexibility index (Phi) is 6.01. The van der Waals surface area contributed by atoms with Crippen LogP contribution in [-0.2, 0) is 6.18 Å². The lowest BCUT2D eigenvalue weighted by Gasteiger charge is -2.21. The Hall–Kier alpha value is -1.73. The predicted molar refractivity (Wildman–Crippen MR) is 99.2 cm³/mol. The lowest BCUT2D eigenvalue weighted by atomic mass is 10.0. The maximum atomic E-state index is 13.0. The van der Waals surface area contributed by atoms with Crippen molar-refractivity contribution >= 4 is 29.3 Å². The molecule has 8 heteroatoms. The van der Waals surface area contributed by atoms with E-state index in [0.29, 0.717) is 22.3 Å². The van der Waals surface area contributed by atoms with Crippen molar-refractivity contribution in [2.24, 2.45) is 0 Å². The monoisotopic (exact) mass is 417 g/mol. The first-order valence-corrected chi connectivity index (χ1v) is 8.87. The van der Waals surface area contributed by atoms with Crippen LogP contribution in [0, 0.1) is 0 Å². The molecule has 1 heterocycles. The first-order valence-electron chi connectivity index (χ1n) is 8.12. The maximum absolute atomic E-state index is 13.0. The molecule has 2 aromatic rings. The number of hydrogen-bond donors (Lipinski definition) is 2. The molecule has 3 rings (SSSR count). The molecule has 1 aliphatic heterocycles. The van der Waals surface area contributed by atoms with Crippen molar-refractivity contribution in [3.8, 4) is 5.75 Å². The summed E-state index contributed by atoms with van der Waals surface area (Å²) in [7, 11) is 0. The number of halogens is 5. The smallest absolute Gasteiger partial charge is 0.416 e. The number of rotatable bonds is 5. The summed E-state index contributed by atoms with van der Waals surface area (Å²) < 4.78 is 44.8. The molecule has 1 unspecified atom stereocenters. The van der Waals surface area contributed by atoms with Crippen LogP contribution < -0.4 is 10.1 Å². The number of nitrogens with one attached hydrogen (secondary N) is 1. The fourth-order valence-electron chi connectivity index (χ4n) is 2.89. The van der Waals surface area contributed by atoms with E-state index in [1.165, 1.54) is 18.2 Å². The summed E-state index contributed by atoms with van der Waals surface area (Å²) in [6.07, 6.45) is -3.94. The number of aliphatic hydroxyl groups is 1. The second kappa shape index (κ2) is 8.10. The lowest BCUT2D eigenvalue weighted by molar-refractivity contribution is -0.139. The molecule has 2 aromatic carbocycles. The van der Waals surface area contributed by atoms with E-state index in [0.717, 1.165) is 17.2 Å². The second-order valence-corrected chi connectivity index (χ2v) is 6.97. The van der Waals surface area contributed by atoms with Crippen molar-refractivity contribution in [3.05, 3.63) is 68.7 Å². The fraction of sp³-hybridized carbons (Fsp3) is 0.263. The Balaban J connectivity index is 1.65. The summed E-state index contributed by atoms with van der Waals surface area (Å²) in [5.41, 5.74) is 0.601. The van der Waals surface area contributed by atoms with Gasteiger partial charge in [-0.2, -0.15) is 13.2 Å². The largest absolute Gasteiger partial charge is 0.487 e. The van der Waals surface area contributed by atoms with Crippen molar-refractivity contribution < 1.29 is 23.0 Å². The molecule has 27 heavy (non-hydrogen) atoms. The first-order chi connectivity index (χ1) is 12.8. The molecular formula is C19H16Cl2F3NO2. The third-order valence-electron chi connectivity index (χ3n) is 4.11. The molecule has 0 aliphatic carbocycles. The zero-order chi connectivity index (χ0) is 19.6. The van der Waals surface area contributed by atoms with Crippen molar-refractivity contribution in [1.82, 2.24) is 5.32 Å². The minimum absolute atomic E-state index is 0.0341. The SMILES string of the molecule is OC(CNCC1=Cc2cc(Cl)cc(Cl)c2OC1)c1ccccc1C(F)(F)F. The fourth-order valence-corrected chi connectivity index (χ4v) is 3.46. The normalized spacial score (nSPS) is 15.0. The van der Waals surface area contributed by atoms with Gasteiger partial charge in [0.25, 0.3) is 0 Å². The Bertz CT molecular complexity index is 869. The van der Waals surface area contributed by atoms with Crippen molar-refractivity contribution in [1.29, 1.82) is 0 Å². The van der Waals surface area contributed by atoms with Crippen LogP contribution in [0.15, 0.2) is 42.0 Å². The van der Waals surface area contributed by atoms with Gasteiger partial charge in [-0.3, -0.25) is 0 Å². The Labute approximate surface area is 164 Å². The Morgan fingerprint density at radius 1 is 1.19 bits per heavy atom. The van der Waals surface area contributed by atoms with Crippen molar-refractivity contribution in [3.63, 3.8) is 0 Å². The first kappa shape index (κ1) is 20.0. The van der Waals surface area contributed by atoms with Crippen LogP contribution in [0.2, 0.25) is 10.0 Å². The van der Waals surface area contributed by atoms with Crippen LogP contribution in [0.25, 0.3) is 6.08 Å². The van der Waals surface area contributed by atoms with E-state index in [-0.39, 0.29) is 18.7 Å². The molecule has 0 saturated heterocycles. The van der Waals surface area contributed by atoms with Gasteiger partial charge in [-0.05, 0) is 35.4 Å². The molecule has 2 N–H and O–H groups in total. The summed E-state index contributed by atoms with van der Waals surface area (Å²) in [6, 6.07) is 8.31. The topological polar surface area (TPSA) is 41.5 Å². The Morgan fingerprint density at radius 3 is 2.67 bits per heavy atom. The molecule has 0 fully saturated rings. The van der Waals surface area contributed by atoms with E-state index in [1.54, 1.807) is 12.1 Å². The summed E-state index contributed by atoms with van der Waals surface area (Å²) in [6.45, 7) is 0.596. The van der Waals surface area contributed by atoms with Crippen LogP contribution in [-0.4, -0.2) is 24.8 Å². The number of alkyl halides is 3. The average molecular weight is 418 g/mol. The van der Waals surface area contributed by atoms with Gasteiger partial charge in [-0.1, -0.05) is 41.4 Å². The van der Waals surface area contributed by atoms with Crippen LogP contribution in [0.5, 0.6) is 5.75 Å². The van der Waals surface area contributed by atoms with E-state index in [4.69, 9.17) is 27.9 Å². The summed E-state index contributed by atoms with van der Waals surface area (Å²) in [4.78, 5) is 0. The lowest BCUT2D eigenvalue weighted by Crippen LogP contribution is -2.27. The number of benzene rings is 2. The molecule has 3 nitrogen and oxygen atoms in total. The zero-order valence-electron chi connectivity index (χ0n) is 14.0. The van der Waals surface area contributed by atoms with Crippen LogP contribution >= 0.6 is 23.2 Å². The van der Waals surface area contributed by atoms with Gasteiger partial charge in [0.15, 0.2) is 0 Å². The highest BCUT2D eigenvalue weighted by Gasteiger charge is 2.34. The molecule has 0 radical (unpaired) electrons. The molecule has 144 valence electrons. The third-order valence-corrected chi connectivity index (χ3v) is 4.61. The standard InChI is InChI=1S/C19H16Cl2F3NO2/c20-13-6-12-5-11(10-27-18(12)16(21)7-13)8-25-9-17(26)14-3-1-2-4-15(14)19(22,23)24/h1-7,17,25-26H,8-10H2. The Morgan fingerprint density at radius 2 is 1.93 bits per heavy atom. The van der Waals surface area contributed by atoms with E-state index in [2.05, 4.69) is 5.32 Å². The van der Waals surface area contributed by atoms with Crippen LogP contribution in [0.4, 0.5) is 13.2 Å². The molecule has 0 spiro atoms.